The van der Waals surface area contributed by atoms with Crippen LogP contribution in [0.1, 0.15) is 33.5 Å². The first kappa shape index (κ1) is 12.7. The number of fused-ring (bicyclic) bond motifs is 1. The average Bonchev–Trinajstić information content (AvgIpc) is 2.91. The predicted octanol–water partition coefficient (Wildman–Crippen LogP) is 2.58. The zero-order valence-electron chi connectivity index (χ0n) is 11.6. The maximum atomic E-state index is 11.7. The molecule has 0 radical (unpaired) electrons. The highest BCUT2D eigenvalue weighted by Crippen LogP contribution is 2.32. The molecule has 102 valence electrons. The number of rotatable bonds is 2. The molecule has 1 aromatic carbocycles. The van der Waals surface area contributed by atoms with Crippen molar-refractivity contribution < 1.29 is 9.53 Å². The molecule has 0 saturated carbocycles. The van der Waals surface area contributed by atoms with Gasteiger partial charge in [0, 0.05) is 18.8 Å². The van der Waals surface area contributed by atoms with E-state index < -0.39 is 0 Å². The van der Waals surface area contributed by atoms with E-state index in [4.69, 9.17) is 4.74 Å². The third-order valence-electron chi connectivity index (χ3n) is 3.60. The van der Waals surface area contributed by atoms with Crippen LogP contribution in [0.4, 0.5) is 0 Å². The molecule has 0 amide bonds. The molecule has 0 atom stereocenters. The van der Waals surface area contributed by atoms with Crippen LogP contribution in [0.5, 0.6) is 0 Å². The fourth-order valence-electron chi connectivity index (χ4n) is 2.61. The minimum absolute atomic E-state index is 0.302. The molecule has 1 aliphatic carbocycles. The Bertz CT molecular complexity index is 698. The van der Waals surface area contributed by atoms with Crippen LogP contribution in [0.3, 0.4) is 0 Å². The van der Waals surface area contributed by atoms with Crippen molar-refractivity contribution in [2.75, 3.05) is 7.11 Å². The van der Waals surface area contributed by atoms with Gasteiger partial charge >= 0.3 is 5.97 Å². The van der Waals surface area contributed by atoms with Crippen molar-refractivity contribution in [3.8, 4) is 0 Å². The van der Waals surface area contributed by atoms with E-state index >= 15 is 0 Å². The quantitative estimate of drug-likeness (QED) is 0.786. The highest BCUT2D eigenvalue weighted by atomic mass is 16.5. The van der Waals surface area contributed by atoms with E-state index in [2.05, 4.69) is 11.2 Å². The van der Waals surface area contributed by atoms with E-state index in [0.717, 1.165) is 29.5 Å². The van der Waals surface area contributed by atoms with E-state index in [1.165, 1.54) is 12.7 Å². The number of hydrogen-bond acceptors (Lipinski definition) is 3. The second-order valence-corrected chi connectivity index (χ2v) is 4.92. The Kier molecular flexibility index (Phi) is 3.14. The average molecular weight is 268 g/mol. The van der Waals surface area contributed by atoms with Gasteiger partial charge in [-0.25, -0.2) is 4.79 Å². The number of methoxy groups -OCH3 is 1. The standard InChI is InChI=1S/C16H16N2O2/c1-18-10-13(9-17-18)14-5-3-4-11-6-7-12(8-15(11)14)16(19)20-2/h5-10H,3-4H2,1-2H3. The summed E-state index contributed by atoms with van der Waals surface area (Å²) in [5.74, 6) is -0.302. The molecule has 0 unspecified atom stereocenters. The van der Waals surface area contributed by atoms with Gasteiger partial charge in [0.25, 0.3) is 0 Å². The minimum atomic E-state index is -0.302. The first-order valence-corrected chi connectivity index (χ1v) is 6.60. The Balaban J connectivity index is 2.09. The molecule has 4 nitrogen and oxygen atoms in total. The number of nitrogens with zero attached hydrogens (tertiary/aromatic N) is 2. The summed E-state index contributed by atoms with van der Waals surface area (Å²) in [6.45, 7) is 0. The van der Waals surface area contributed by atoms with Crippen molar-refractivity contribution in [3.05, 3.63) is 58.9 Å². The maximum absolute atomic E-state index is 11.7. The van der Waals surface area contributed by atoms with E-state index in [-0.39, 0.29) is 5.97 Å². The molecule has 0 fully saturated rings. The molecule has 3 rings (SSSR count). The summed E-state index contributed by atoms with van der Waals surface area (Å²) in [7, 11) is 3.30. The number of hydrogen-bond donors (Lipinski definition) is 0. The molecule has 0 aliphatic heterocycles. The van der Waals surface area contributed by atoms with E-state index in [1.54, 1.807) is 4.68 Å². The van der Waals surface area contributed by atoms with Crippen molar-refractivity contribution in [2.24, 2.45) is 7.05 Å². The normalized spacial score (nSPS) is 13.6. The second-order valence-electron chi connectivity index (χ2n) is 4.92. The van der Waals surface area contributed by atoms with Crippen molar-refractivity contribution in [1.82, 2.24) is 9.78 Å². The van der Waals surface area contributed by atoms with Crippen molar-refractivity contribution in [3.63, 3.8) is 0 Å². The monoisotopic (exact) mass is 268 g/mol. The summed E-state index contributed by atoms with van der Waals surface area (Å²) in [5.41, 5.74) is 5.18. The van der Waals surface area contributed by atoms with E-state index in [0.29, 0.717) is 5.56 Å². The first-order valence-electron chi connectivity index (χ1n) is 6.60. The fraction of sp³-hybridized carbons (Fsp3) is 0.250. The van der Waals surface area contributed by atoms with Gasteiger partial charge in [0.2, 0.25) is 0 Å². The molecule has 0 N–H and O–H groups in total. The number of carbonyl (C=O) groups is 1. The summed E-state index contributed by atoms with van der Waals surface area (Å²) < 4.78 is 6.58. The Hall–Kier alpha value is -2.36. The molecule has 1 aromatic heterocycles. The van der Waals surface area contributed by atoms with Crippen LogP contribution < -0.4 is 0 Å². The second kappa shape index (κ2) is 4.96. The topological polar surface area (TPSA) is 44.1 Å². The lowest BCUT2D eigenvalue weighted by Gasteiger charge is -2.17. The number of aryl methyl sites for hydroxylation is 2. The van der Waals surface area contributed by atoms with Gasteiger partial charge in [-0.15, -0.1) is 0 Å². The minimum Gasteiger partial charge on any atom is -0.465 e. The van der Waals surface area contributed by atoms with Gasteiger partial charge in [-0.2, -0.15) is 5.10 Å². The Morgan fingerprint density at radius 1 is 1.40 bits per heavy atom. The highest BCUT2D eigenvalue weighted by molar-refractivity contribution is 5.92. The summed E-state index contributed by atoms with van der Waals surface area (Å²) in [6.07, 6.45) is 8.06. The van der Waals surface area contributed by atoms with Crippen LogP contribution in [-0.2, 0) is 18.2 Å². The van der Waals surface area contributed by atoms with Gasteiger partial charge in [0.05, 0.1) is 18.9 Å². The molecule has 2 aromatic rings. The van der Waals surface area contributed by atoms with Gasteiger partial charge in [0.1, 0.15) is 0 Å². The molecule has 1 aliphatic rings. The third-order valence-corrected chi connectivity index (χ3v) is 3.60. The third kappa shape index (κ3) is 2.13. The number of benzene rings is 1. The Morgan fingerprint density at radius 3 is 2.95 bits per heavy atom. The van der Waals surface area contributed by atoms with Gasteiger partial charge in [-0.3, -0.25) is 4.68 Å². The first-order chi connectivity index (χ1) is 9.69. The van der Waals surface area contributed by atoms with E-state index in [1.807, 2.05) is 37.6 Å². The molecular formula is C16H16N2O2. The zero-order chi connectivity index (χ0) is 14.1. The van der Waals surface area contributed by atoms with Gasteiger partial charge < -0.3 is 4.74 Å². The Morgan fingerprint density at radius 2 is 2.25 bits per heavy atom. The van der Waals surface area contributed by atoms with Crippen LogP contribution in [0.15, 0.2) is 36.7 Å². The number of esters is 1. The largest absolute Gasteiger partial charge is 0.465 e. The van der Waals surface area contributed by atoms with Crippen LogP contribution in [0, 0.1) is 0 Å². The lowest BCUT2D eigenvalue weighted by Crippen LogP contribution is -2.06. The number of carbonyl (C=O) groups excluding carboxylic acids is 1. The highest BCUT2D eigenvalue weighted by Gasteiger charge is 2.17. The summed E-state index contributed by atoms with van der Waals surface area (Å²) in [6, 6.07) is 5.76. The van der Waals surface area contributed by atoms with Crippen molar-refractivity contribution in [2.45, 2.75) is 12.8 Å². The number of ether oxygens (including phenoxy) is 1. The zero-order valence-corrected chi connectivity index (χ0v) is 11.6. The lowest BCUT2D eigenvalue weighted by atomic mass is 9.87. The molecule has 0 bridgehead atoms. The molecular weight excluding hydrogens is 252 g/mol. The van der Waals surface area contributed by atoms with Gasteiger partial charge in [-0.05, 0) is 41.7 Å². The summed E-state index contributed by atoms with van der Waals surface area (Å²) >= 11 is 0. The molecule has 0 saturated heterocycles. The SMILES string of the molecule is COC(=O)c1ccc2c(c1)C(c1cnn(C)c1)=CCC2. The number of aromatic nitrogens is 2. The van der Waals surface area contributed by atoms with E-state index in [9.17, 15) is 4.79 Å². The summed E-state index contributed by atoms with van der Waals surface area (Å²) in [5, 5.41) is 4.22. The maximum Gasteiger partial charge on any atom is 0.337 e. The Labute approximate surface area is 117 Å². The van der Waals surface area contributed by atoms with Crippen molar-refractivity contribution in [1.29, 1.82) is 0 Å². The van der Waals surface area contributed by atoms with Crippen LogP contribution in [0.25, 0.3) is 5.57 Å². The molecule has 0 spiro atoms. The van der Waals surface area contributed by atoms with Crippen LogP contribution >= 0.6 is 0 Å². The summed E-state index contributed by atoms with van der Waals surface area (Å²) in [4.78, 5) is 11.7. The van der Waals surface area contributed by atoms with Crippen LogP contribution in [0.2, 0.25) is 0 Å². The van der Waals surface area contributed by atoms with Gasteiger partial charge in [0.15, 0.2) is 0 Å². The number of allylic oxidation sites excluding steroid dienone is 1. The van der Waals surface area contributed by atoms with Crippen molar-refractivity contribution >= 4 is 11.5 Å². The predicted molar refractivity (Wildman–Crippen MR) is 76.4 cm³/mol. The molecule has 4 heteroatoms. The van der Waals surface area contributed by atoms with Gasteiger partial charge in [-0.1, -0.05) is 12.1 Å². The molecule has 20 heavy (non-hydrogen) atoms. The smallest absolute Gasteiger partial charge is 0.337 e. The van der Waals surface area contributed by atoms with Crippen LogP contribution in [-0.4, -0.2) is 22.9 Å². The molecule has 1 heterocycles. The fourth-order valence-corrected chi connectivity index (χ4v) is 2.61. The lowest BCUT2D eigenvalue weighted by molar-refractivity contribution is 0.0600.